The van der Waals surface area contributed by atoms with E-state index in [1.807, 2.05) is 67.6 Å². The average molecular weight is 252 g/mol. The molecule has 0 bridgehead atoms. The second-order valence-corrected chi connectivity index (χ2v) is 5.09. The number of esters is 1. The molecule has 0 saturated carbocycles. The van der Waals surface area contributed by atoms with Crippen molar-refractivity contribution < 1.29 is 9.53 Å². The van der Waals surface area contributed by atoms with Gasteiger partial charge in [0.2, 0.25) is 0 Å². The molecule has 1 heterocycles. The van der Waals surface area contributed by atoms with E-state index in [0.717, 1.165) is 11.1 Å². The first kappa shape index (κ1) is 12.0. The molecule has 0 N–H and O–H groups in total. The summed E-state index contributed by atoms with van der Waals surface area (Å²) >= 11 is 0. The summed E-state index contributed by atoms with van der Waals surface area (Å²) < 4.78 is 5.79. The lowest BCUT2D eigenvalue weighted by molar-refractivity contribution is -0.148. The van der Waals surface area contributed by atoms with E-state index in [9.17, 15) is 4.79 Å². The van der Waals surface area contributed by atoms with Gasteiger partial charge in [0.1, 0.15) is 0 Å². The minimum absolute atomic E-state index is 0.0691. The minimum atomic E-state index is -0.626. The third kappa shape index (κ3) is 1.93. The second kappa shape index (κ2) is 4.54. The predicted molar refractivity (Wildman–Crippen MR) is 73.5 cm³/mol. The molecule has 0 spiro atoms. The Bertz CT molecular complexity index is 535. The summed E-state index contributed by atoms with van der Waals surface area (Å²) in [5, 5.41) is 0. The molecule has 0 aromatic heterocycles. The fraction of sp³-hybridized carbons (Fsp3) is 0.235. The van der Waals surface area contributed by atoms with Gasteiger partial charge in [0.25, 0.3) is 0 Å². The first-order valence-corrected chi connectivity index (χ1v) is 6.56. The van der Waals surface area contributed by atoms with Crippen LogP contribution in [0.3, 0.4) is 0 Å². The average Bonchev–Trinajstić information content (AvgIpc) is 2.78. The fourth-order valence-electron chi connectivity index (χ4n) is 2.76. The lowest BCUT2D eigenvalue weighted by atomic mass is 9.82. The van der Waals surface area contributed by atoms with Crippen molar-refractivity contribution in [3.05, 3.63) is 71.8 Å². The van der Waals surface area contributed by atoms with Crippen molar-refractivity contribution in [3.8, 4) is 0 Å². The topological polar surface area (TPSA) is 26.3 Å². The first-order chi connectivity index (χ1) is 9.22. The molecule has 1 saturated heterocycles. The highest BCUT2D eigenvalue weighted by Gasteiger charge is 2.47. The van der Waals surface area contributed by atoms with Gasteiger partial charge in [0.05, 0.1) is 5.92 Å². The lowest BCUT2D eigenvalue weighted by Gasteiger charge is -2.29. The molecule has 0 unspecified atom stereocenters. The Morgan fingerprint density at radius 1 is 0.947 bits per heavy atom. The number of hydrogen-bond acceptors (Lipinski definition) is 2. The Hall–Kier alpha value is -2.09. The van der Waals surface area contributed by atoms with Crippen LogP contribution in [-0.2, 0) is 15.1 Å². The number of cyclic esters (lactones) is 1. The van der Waals surface area contributed by atoms with Crippen molar-refractivity contribution >= 4 is 5.97 Å². The molecule has 2 aromatic rings. The van der Waals surface area contributed by atoms with Crippen LogP contribution in [0.1, 0.15) is 24.5 Å². The van der Waals surface area contributed by atoms with Crippen LogP contribution in [0.25, 0.3) is 0 Å². The van der Waals surface area contributed by atoms with E-state index in [-0.39, 0.29) is 11.9 Å². The highest BCUT2D eigenvalue weighted by Crippen LogP contribution is 2.44. The van der Waals surface area contributed by atoms with E-state index in [2.05, 4.69) is 0 Å². The third-order valence-electron chi connectivity index (χ3n) is 3.75. The molecular weight excluding hydrogens is 236 g/mol. The van der Waals surface area contributed by atoms with E-state index in [4.69, 9.17) is 4.74 Å². The van der Waals surface area contributed by atoms with Gasteiger partial charge in [-0.3, -0.25) is 4.79 Å². The van der Waals surface area contributed by atoms with Gasteiger partial charge in [0.15, 0.2) is 5.60 Å². The van der Waals surface area contributed by atoms with Crippen LogP contribution in [0.4, 0.5) is 0 Å². The summed E-state index contributed by atoms with van der Waals surface area (Å²) in [7, 11) is 0. The molecule has 96 valence electrons. The van der Waals surface area contributed by atoms with E-state index in [1.54, 1.807) is 0 Å². The highest BCUT2D eigenvalue weighted by molar-refractivity contribution is 5.76. The highest BCUT2D eigenvalue weighted by atomic mass is 16.6. The predicted octanol–water partition coefficient (Wildman–Crippen LogP) is 3.51. The molecule has 0 amide bonds. The molecule has 1 aliphatic heterocycles. The monoisotopic (exact) mass is 252 g/mol. The maximum atomic E-state index is 11.9. The van der Waals surface area contributed by atoms with Crippen molar-refractivity contribution in [2.45, 2.75) is 18.9 Å². The van der Waals surface area contributed by atoms with Gasteiger partial charge in [-0.1, -0.05) is 67.6 Å². The summed E-state index contributed by atoms with van der Waals surface area (Å²) in [6, 6.07) is 20.0. The molecule has 0 radical (unpaired) electrons. The Morgan fingerprint density at radius 3 is 1.79 bits per heavy atom. The maximum absolute atomic E-state index is 11.9. The summed E-state index contributed by atoms with van der Waals surface area (Å²) in [5.74, 6) is -0.187. The molecule has 2 aromatic carbocycles. The molecule has 2 nitrogen and oxygen atoms in total. The van der Waals surface area contributed by atoms with Gasteiger partial charge >= 0.3 is 5.97 Å². The zero-order chi connectivity index (χ0) is 13.3. The largest absolute Gasteiger partial charge is 0.449 e. The summed E-state index contributed by atoms with van der Waals surface area (Å²) in [5.41, 5.74) is 1.46. The Kier molecular flexibility index (Phi) is 2.86. The van der Waals surface area contributed by atoms with Gasteiger partial charge in [-0.05, 0) is 0 Å². The van der Waals surface area contributed by atoms with Crippen molar-refractivity contribution in [3.63, 3.8) is 0 Å². The zero-order valence-corrected chi connectivity index (χ0v) is 10.9. The van der Waals surface area contributed by atoms with E-state index < -0.39 is 5.60 Å². The van der Waals surface area contributed by atoms with Gasteiger partial charge in [0, 0.05) is 17.5 Å². The van der Waals surface area contributed by atoms with Crippen LogP contribution in [0.5, 0.6) is 0 Å². The Labute approximate surface area is 113 Å². The van der Waals surface area contributed by atoms with Gasteiger partial charge in [-0.2, -0.15) is 0 Å². The second-order valence-electron chi connectivity index (χ2n) is 5.09. The van der Waals surface area contributed by atoms with E-state index >= 15 is 0 Å². The summed E-state index contributed by atoms with van der Waals surface area (Å²) in [6.07, 6.45) is 0.694. The van der Waals surface area contributed by atoms with Crippen LogP contribution >= 0.6 is 0 Å². The normalized spacial score (nSPS) is 21.1. The minimum Gasteiger partial charge on any atom is -0.449 e. The molecule has 1 aliphatic rings. The van der Waals surface area contributed by atoms with E-state index in [0.29, 0.717) is 6.42 Å². The number of benzene rings is 2. The molecule has 19 heavy (non-hydrogen) atoms. The standard InChI is InChI=1S/C17H16O2/c1-13-12-17(19-16(13)18,14-8-4-2-5-9-14)15-10-6-3-7-11-15/h2-11,13H,12H2,1H3/t13-/m1/s1. The van der Waals surface area contributed by atoms with Crippen molar-refractivity contribution in [1.82, 2.24) is 0 Å². The molecule has 1 fully saturated rings. The van der Waals surface area contributed by atoms with Crippen LogP contribution in [0.2, 0.25) is 0 Å². The van der Waals surface area contributed by atoms with Crippen LogP contribution in [0, 0.1) is 5.92 Å². The smallest absolute Gasteiger partial charge is 0.310 e. The quantitative estimate of drug-likeness (QED) is 0.764. The molecule has 1 atom stereocenters. The first-order valence-electron chi connectivity index (χ1n) is 6.56. The van der Waals surface area contributed by atoms with Crippen LogP contribution < -0.4 is 0 Å². The molecule has 2 heteroatoms. The number of ether oxygens (including phenoxy) is 1. The summed E-state index contributed by atoms with van der Waals surface area (Å²) in [4.78, 5) is 11.9. The van der Waals surface area contributed by atoms with Crippen LogP contribution in [-0.4, -0.2) is 5.97 Å². The van der Waals surface area contributed by atoms with Gasteiger partial charge < -0.3 is 4.74 Å². The SMILES string of the molecule is C[C@@H]1CC(c2ccccc2)(c2ccccc2)OC1=O. The Morgan fingerprint density at radius 2 is 1.42 bits per heavy atom. The van der Waals surface area contributed by atoms with Gasteiger partial charge in [-0.25, -0.2) is 0 Å². The summed E-state index contributed by atoms with van der Waals surface area (Å²) in [6.45, 7) is 1.93. The zero-order valence-electron chi connectivity index (χ0n) is 10.9. The molecular formula is C17H16O2. The third-order valence-corrected chi connectivity index (χ3v) is 3.75. The van der Waals surface area contributed by atoms with Crippen molar-refractivity contribution in [2.24, 2.45) is 5.92 Å². The molecule has 0 aliphatic carbocycles. The van der Waals surface area contributed by atoms with Gasteiger partial charge in [-0.15, -0.1) is 0 Å². The van der Waals surface area contributed by atoms with E-state index in [1.165, 1.54) is 0 Å². The number of hydrogen-bond donors (Lipinski definition) is 0. The number of carbonyl (C=O) groups excluding carboxylic acids is 1. The lowest BCUT2D eigenvalue weighted by Crippen LogP contribution is -2.27. The van der Waals surface area contributed by atoms with Crippen molar-refractivity contribution in [2.75, 3.05) is 0 Å². The van der Waals surface area contributed by atoms with Crippen LogP contribution in [0.15, 0.2) is 60.7 Å². The fourth-order valence-corrected chi connectivity index (χ4v) is 2.76. The number of carbonyl (C=O) groups is 1. The maximum Gasteiger partial charge on any atom is 0.310 e. The number of rotatable bonds is 2. The molecule has 3 rings (SSSR count). The Balaban J connectivity index is 2.15. The van der Waals surface area contributed by atoms with Crippen molar-refractivity contribution in [1.29, 1.82) is 0 Å².